The van der Waals surface area contributed by atoms with Gasteiger partial charge in [-0.1, -0.05) is 47.0 Å². The lowest BCUT2D eigenvalue weighted by Gasteiger charge is -2.20. The number of hydrogen-bond acceptors (Lipinski definition) is 12. The highest BCUT2D eigenvalue weighted by molar-refractivity contribution is 8.26. The van der Waals surface area contributed by atoms with E-state index in [2.05, 4.69) is 0 Å². The van der Waals surface area contributed by atoms with E-state index in [1.165, 1.54) is 6.92 Å². The van der Waals surface area contributed by atoms with Crippen molar-refractivity contribution in [2.24, 2.45) is 5.41 Å². The van der Waals surface area contributed by atoms with Crippen molar-refractivity contribution in [2.45, 2.75) is 47.3 Å². The molecule has 0 N–H and O–H groups in total. The largest absolute Gasteiger partial charge is 0.424 e. The first-order valence-electron chi connectivity index (χ1n) is 9.00. The minimum Gasteiger partial charge on any atom is -0.424 e. The van der Waals surface area contributed by atoms with E-state index in [1.54, 1.807) is 20.8 Å². The summed E-state index contributed by atoms with van der Waals surface area (Å²) in [6.45, 7) is 6.30. The van der Waals surface area contributed by atoms with Gasteiger partial charge in [0.25, 0.3) is 0 Å². The van der Waals surface area contributed by atoms with Gasteiger partial charge in [0.15, 0.2) is 11.5 Å². The summed E-state index contributed by atoms with van der Waals surface area (Å²) in [7, 11) is 0. The van der Waals surface area contributed by atoms with Crippen LogP contribution in [0.5, 0.6) is 11.5 Å². The lowest BCUT2D eigenvalue weighted by molar-refractivity contribution is -0.143. The molecule has 0 unspecified atom stereocenters. The molecule has 0 aromatic heterocycles. The lowest BCUT2D eigenvalue weighted by Crippen LogP contribution is -2.26. The Labute approximate surface area is 206 Å². The molecule has 0 amide bonds. The number of hydrogen-bond donors (Lipinski definition) is 0. The number of allylic oxidation sites excluding steroid dienone is 2. The number of carbonyl (C=O) groups excluding carboxylic acids is 2. The molecule has 0 saturated heterocycles. The van der Waals surface area contributed by atoms with Crippen molar-refractivity contribution in [3.05, 3.63) is 19.6 Å². The van der Waals surface area contributed by atoms with Crippen LogP contribution in [0.25, 0.3) is 0 Å². The summed E-state index contributed by atoms with van der Waals surface area (Å²) in [6, 6.07) is 7.36. The number of nitrogens with zero attached hydrogens (tertiary/aromatic N) is 4. The minimum absolute atomic E-state index is 0.125. The number of ether oxygens (including phenoxy) is 2. The SMILES string of the molecule is CC(=O)Oc1c2c(c(OC(=O)C(C)(C)C)c3c1SC(=C(C#N)C#N)S3)SC(=C(C#N)C#N)S2. The second-order valence-electron chi connectivity index (χ2n) is 7.39. The second-order valence-corrected chi connectivity index (χ2v) is 12.0. The highest BCUT2D eigenvalue weighted by atomic mass is 32.2. The quantitative estimate of drug-likeness (QED) is 0.281. The first kappa shape index (κ1) is 24.6. The number of rotatable bonds is 2. The van der Waals surface area contributed by atoms with Crippen LogP contribution < -0.4 is 9.47 Å². The molecule has 0 spiro atoms. The molecule has 0 bridgehead atoms. The van der Waals surface area contributed by atoms with Crippen molar-refractivity contribution in [1.29, 1.82) is 21.0 Å². The van der Waals surface area contributed by atoms with Gasteiger partial charge in [-0.2, -0.15) is 21.0 Å². The van der Waals surface area contributed by atoms with Crippen LogP contribution in [0.15, 0.2) is 39.2 Å². The van der Waals surface area contributed by atoms with Gasteiger partial charge < -0.3 is 9.47 Å². The molecule has 0 atom stereocenters. The highest BCUT2D eigenvalue weighted by Gasteiger charge is 2.40. The Morgan fingerprint density at radius 3 is 1.30 bits per heavy atom. The van der Waals surface area contributed by atoms with Crippen LogP contribution in [0, 0.1) is 50.7 Å². The zero-order valence-electron chi connectivity index (χ0n) is 17.6. The van der Waals surface area contributed by atoms with Gasteiger partial charge in [0.1, 0.15) is 35.4 Å². The molecular formula is C21H12N4O4S4. The molecule has 12 heteroatoms. The third kappa shape index (κ3) is 4.71. The van der Waals surface area contributed by atoms with Crippen molar-refractivity contribution in [3.63, 3.8) is 0 Å². The third-order valence-electron chi connectivity index (χ3n) is 3.92. The van der Waals surface area contributed by atoms with E-state index in [-0.39, 0.29) is 22.6 Å². The van der Waals surface area contributed by atoms with E-state index < -0.39 is 17.4 Å². The molecule has 2 heterocycles. The van der Waals surface area contributed by atoms with E-state index >= 15 is 0 Å². The Hall–Kier alpha value is -3.00. The monoisotopic (exact) mass is 512 g/mol. The molecule has 2 aliphatic heterocycles. The predicted octanol–water partition coefficient (Wildman–Crippen LogP) is 5.48. The van der Waals surface area contributed by atoms with Crippen molar-refractivity contribution in [2.75, 3.05) is 0 Å². The molecule has 164 valence electrons. The van der Waals surface area contributed by atoms with Crippen molar-refractivity contribution in [3.8, 4) is 35.8 Å². The lowest BCUT2D eigenvalue weighted by atomic mass is 9.97. The van der Waals surface area contributed by atoms with Crippen LogP contribution >= 0.6 is 47.0 Å². The highest BCUT2D eigenvalue weighted by Crippen LogP contribution is 2.68. The standard InChI is InChI=1S/C21H12N4O4S4/c1-9(26)28-12-14-16(32-18(30-14)10(5-22)6-23)13(29-20(27)21(2,3)4)17-15(12)31-19(33-17)11(7-24)8-25/h1-4H3. The van der Waals surface area contributed by atoms with Crippen LogP contribution in [-0.2, 0) is 9.59 Å². The first-order valence-corrected chi connectivity index (χ1v) is 12.3. The summed E-state index contributed by atoms with van der Waals surface area (Å²) in [5.74, 6) is -0.805. The van der Waals surface area contributed by atoms with E-state index in [1.807, 2.05) is 24.3 Å². The third-order valence-corrected chi connectivity index (χ3v) is 9.12. The maximum Gasteiger partial charge on any atom is 0.316 e. The van der Waals surface area contributed by atoms with E-state index in [9.17, 15) is 30.6 Å². The molecule has 8 nitrogen and oxygen atoms in total. The fourth-order valence-electron chi connectivity index (χ4n) is 2.41. The normalized spacial score (nSPS) is 13.6. The summed E-state index contributed by atoms with van der Waals surface area (Å²) in [5, 5.41) is 37.3. The Morgan fingerprint density at radius 1 is 0.697 bits per heavy atom. The number of nitriles is 4. The molecule has 1 aromatic rings. The molecule has 3 rings (SSSR count). The van der Waals surface area contributed by atoms with Gasteiger partial charge in [-0.15, -0.1) is 0 Å². The summed E-state index contributed by atoms with van der Waals surface area (Å²) in [6.07, 6.45) is 0. The van der Waals surface area contributed by atoms with Crippen molar-refractivity contribution < 1.29 is 19.1 Å². The smallest absolute Gasteiger partial charge is 0.316 e. The zero-order chi connectivity index (χ0) is 24.5. The first-order chi connectivity index (χ1) is 15.5. The molecule has 0 radical (unpaired) electrons. The van der Waals surface area contributed by atoms with Gasteiger partial charge in [0, 0.05) is 6.92 Å². The van der Waals surface area contributed by atoms with Gasteiger partial charge in [-0.25, -0.2) is 0 Å². The fourth-order valence-corrected chi connectivity index (χ4v) is 7.58. The van der Waals surface area contributed by atoms with Gasteiger partial charge in [0.2, 0.25) is 0 Å². The van der Waals surface area contributed by atoms with Crippen LogP contribution in [-0.4, -0.2) is 11.9 Å². The molecule has 0 fully saturated rings. The number of fused-ring (bicyclic) bond motifs is 2. The van der Waals surface area contributed by atoms with Gasteiger partial charge in [-0.3, -0.25) is 9.59 Å². The molecule has 2 aliphatic rings. The van der Waals surface area contributed by atoms with Gasteiger partial charge in [0.05, 0.1) is 33.5 Å². The van der Waals surface area contributed by atoms with Crippen molar-refractivity contribution >= 4 is 59.0 Å². The second kappa shape index (κ2) is 9.47. The number of esters is 2. The number of thioether (sulfide) groups is 4. The summed E-state index contributed by atoms with van der Waals surface area (Å²) < 4.78 is 12.0. The zero-order valence-corrected chi connectivity index (χ0v) is 20.8. The average Bonchev–Trinajstić information content (AvgIpc) is 3.37. The Balaban J connectivity index is 2.34. The maximum atomic E-state index is 12.8. The van der Waals surface area contributed by atoms with Gasteiger partial charge in [-0.05, 0) is 20.8 Å². The fraction of sp³-hybridized carbons (Fsp3) is 0.238. The van der Waals surface area contributed by atoms with Crippen LogP contribution in [0.1, 0.15) is 27.7 Å². The Morgan fingerprint density at radius 2 is 1.03 bits per heavy atom. The summed E-state index contributed by atoms with van der Waals surface area (Å²) in [4.78, 5) is 26.3. The molecular weight excluding hydrogens is 501 g/mol. The topological polar surface area (TPSA) is 148 Å². The van der Waals surface area contributed by atoms with Crippen LogP contribution in [0.3, 0.4) is 0 Å². The summed E-state index contributed by atoms with van der Waals surface area (Å²) >= 11 is 4.24. The number of carbonyl (C=O) groups is 2. The van der Waals surface area contributed by atoms with Gasteiger partial charge >= 0.3 is 11.9 Å². The molecule has 1 aromatic carbocycles. The minimum atomic E-state index is -0.840. The molecule has 0 aliphatic carbocycles. The maximum absolute atomic E-state index is 12.8. The Bertz CT molecular complexity index is 1230. The summed E-state index contributed by atoms with van der Waals surface area (Å²) in [5.41, 5.74) is -1.09. The van der Waals surface area contributed by atoms with E-state index in [0.717, 1.165) is 47.0 Å². The van der Waals surface area contributed by atoms with Crippen LogP contribution in [0.4, 0.5) is 0 Å². The Kier molecular flexibility index (Phi) is 7.07. The van der Waals surface area contributed by atoms with Crippen molar-refractivity contribution in [1.82, 2.24) is 0 Å². The number of benzene rings is 1. The molecule has 0 saturated carbocycles. The van der Waals surface area contributed by atoms with E-state index in [0.29, 0.717) is 28.1 Å². The predicted molar refractivity (Wildman–Crippen MR) is 123 cm³/mol. The average molecular weight is 513 g/mol. The van der Waals surface area contributed by atoms with E-state index in [4.69, 9.17) is 9.47 Å². The molecule has 33 heavy (non-hydrogen) atoms. The van der Waals surface area contributed by atoms with Crippen LogP contribution in [0.2, 0.25) is 0 Å².